The van der Waals surface area contributed by atoms with Gasteiger partial charge in [0.25, 0.3) is 0 Å². The first-order valence-corrected chi connectivity index (χ1v) is 5.28. The third-order valence-corrected chi connectivity index (χ3v) is 2.35. The Morgan fingerprint density at radius 3 is 2.75 bits per heavy atom. The van der Waals surface area contributed by atoms with Crippen LogP contribution in [0.4, 0.5) is 10.1 Å². The largest absolute Gasteiger partial charge is 0.477 e. The fraction of sp³-hybridized carbons (Fsp3) is 0. The fourth-order valence-corrected chi connectivity index (χ4v) is 1.47. The van der Waals surface area contributed by atoms with Crippen molar-refractivity contribution in [3.8, 4) is 11.5 Å². The molecule has 0 bridgehead atoms. The Labute approximate surface area is 111 Å². The standard InChI is InChI=1S/C12H7FN2O5/c13-7-1-2-9(15(18)19)11(5-7)20-10-3-4-14-6-8(10)12(16)17/h1-6H,(H,16,17). The first kappa shape index (κ1) is 13.4. The lowest BCUT2D eigenvalue weighted by Crippen LogP contribution is -2.02. The van der Waals surface area contributed by atoms with Crippen LogP contribution >= 0.6 is 0 Å². The van der Waals surface area contributed by atoms with Crippen LogP contribution in [0.3, 0.4) is 0 Å². The number of benzene rings is 1. The van der Waals surface area contributed by atoms with Crippen LogP contribution in [0.2, 0.25) is 0 Å². The number of halogens is 1. The van der Waals surface area contributed by atoms with Crippen molar-refractivity contribution in [1.29, 1.82) is 0 Å². The highest BCUT2D eigenvalue weighted by Crippen LogP contribution is 2.33. The van der Waals surface area contributed by atoms with Crippen LogP contribution in [0.25, 0.3) is 0 Å². The first-order valence-electron chi connectivity index (χ1n) is 5.28. The summed E-state index contributed by atoms with van der Waals surface area (Å²) in [6.07, 6.45) is 2.29. The minimum Gasteiger partial charge on any atom is -0.477 e. The van der Waals surface area contributed by atoms with Gasteiger partial charge in [-0.2, -0.15) is 0 Å². The SMILES string of the molecule is O=C(O)c1cnccc1Oc1cc(F)ccc1[N+](=O)[O-]. The summed E-state index contributed by atoms with van der Waals surface area (Å²) in [5.41, 5.74) is -0.759. The van der Waals surface area contributed by atoms with Gasteiger partial charge in [-0.3, -0.25) is 15.1 Å². The summed E-state index contributed by atoms with van der Waals surface area (Å²) in [5.74, 6) is -2.60. The van der Waals surface area contributed by atoms with E-state index in [1.165, 1.54) is 12.3 Å². The van der Waals surface area contributed by atoms with E-state index in [4.69, 9.17) is 9.84 Å². The third kappa shape index (κ3) is 2.69. The Balaban J connectivity index is 2.47. The molecule has 0 spiro atoms. The van der Waals surface area contributed by atoms with E-state index in [1.807, 2.05) is 0 Å². The monoisotopic (exact) mass is 278 g/mol. The van der Waals surface area contributed by atoms with E-state index >= 15 is 0 Å². The molecule has 0 unspecified atom stereocenters. The predicted octanol–water partition coefficient (Wildman–Crippen LogP) is 2.62. The highest BCUT2D eigenvalue weighted by Gasteiger charge is 2.19. The molecule has 2 aromatic rings. The molecule has 0 fully saturated rings. The number of nitrogens with zero attached hydrogens (tertiary/aromatic N) is 2. The second-order valence-electron chi connectivity index (χ2n) is 3.65. The number of hydrogen-bond acceptors (Lipinski definition) is 5. The molecule has 2 rings (SSSR count). The summed E-state index contributed by atoms with van der Waals surface area (Å²) in [4.78, 5) is 24.6. The van der Waals surface area contributed by atoms with E-state index in [0.717, 1.165) is 24.4 Å². The van der Waals surface area contributed by atoms with Crippen LogP contribution in [0.1, 0.15) is 10.4 Å². The summed E-state index contributed by atoms with van der Waals surface area (Å²) in [6.45, 7) is 0. The number of aromatic nitrogens is 1. The lowest BCUT2D eigenvalue weighted by Gasteiger charge is -2.08. The van der Waals surface area contributed by atoms with Gasteiger partial charge in [-0.25, -0.2) is 9.18 Å². The van der Waals surface area contributed by atoms with Gasteiger partial charge in [-0.1, -0.05) is 0 Å². The number of carboxylic acids is 1. The average Bonchev–Trinajstić information content (AvgIpc) is 2.38. The van der Waals surface area contributed by atoms with Crippen molar-refractivity contribution in [3.05, 3.63) is 58.2 Å². The molecule has 1 aromatic heterocycles. The minimum atomic E-state index is -1.31. The van der Waals surface area contributed by atoms with Crippen molar-refractivity contribution in [2.45, 2.75) is 0 Å². The quantitative estimate of drug-likeness (QED) is 0.681. The van der Waals surface area contributed by atoms with Crippen molar-refractivity contribution in [2.24, 2.45) is 0 Å². The zero-order valence-corrected chi connectivity index (χ0v) is 9.82. The van der Waals surface area contributed by atoms with Crippen LogP contribution in [-0.4, -0.2) is 21.0 Å². The molecule has 8 heteroatoms. The van der Waals surface area contributed by atoms with Crippen LogP contribution in [0.5, 0.6) is 11.5 Å². The van der Waals surface area contributed by atoms with Crippen molar-refractivity contribution in [1.82, 2.24) is 4.98 Å². The molecule has 0 atom stereocenters. The summed E-state index contributed by atoms with van der Waals surface area (Å²) in [5, 5.41) is 19.8. The summed E-state index contributed by atoms with van der Waals surface area (Å²) >= 11 is 0. The van der Waals surface area contributed by atoms with Gasteiger partial charge in [-0.15, -0.1) is 0 Å². The van der Waals surface area contributed by atoms with Crippen molar-refractivity contribution >= 4 is 11.7 Å². The van der Waals surface area contributed by atoms with Crippen LogP contribution in [0, 0.1) is 15.9 Å². The molecule has 0 aliphatic heterocycles. The van der Waals surface area contributed by atoms with Crippen molar-refractivity contribution in [2.75, 3.05) is 0 Å². The van der Waals surface area contributed by atoms with Gasteiger partial charge in [-0.05, 0) is 6.07 Å². The number of carboxylic acid groups (broad SMARTS) is 1. The van der Waals surface area contributed by atoms with Crippen LogP contribution in [0.15, 0.2) is 36.7 Å². The van der Waals surface area contributed by atoms with Gasteiger partial charge in [0.15, 0.2) is 0 Å². The summed E-state index contributed by atoms with van der Waals surface area (Å²) in [6, 6.07) is 3.88. The predicted molar refractivity (Wildman–Crippen MR) is 64.3 cm³/mol. The van der Waals surface area contributed by atoms with Gasteiger partial charge < -0.3 is 9.84 Å². The van der Waals surface area contributed by atoms with Gasteiger partial charge in [0.1, 0.15) is 17.1 Å². The van der Waals surface area contributed by atoms with E-state index in [1.54, 1.807) is 0 Å². The number of ether oxygens (including phenoxy) is 1. The maximum absolute atomic E-state index is 13.1. The van der Waals surface area contributed by atoms with Crippen LogP contribution in [-0.2, 0) is 0 Å². The smallest absolute Gasteiger partial charge is 0.341 e. The van der Waals surface area contributed by atoms with E-state index in [9.17, 15) is 19.3 Å². The maximum Gasteiger partial charge on any atom is 0.341 e. The number of nitro groups is 1. The Morgan fingerprint density at radius 1 is 1.35 bits per heavy atom. The lowest BCUT2D eigenvalue weighted by molar-refractivity contribution is -0.385. The molecule has 0 aliphatic rings. The van der Waals surface area contributed by atoms with Gasteiger partial charge in [0, 0.05) is 30.6 Å². The molecule has 0 saturated heterocycles. The number of hydrogen-bond donors (Lipinski definition) is 1. The molecule has 0 saturated carbocycles. The molecule has 1 aromatic carbocycles. The summed E-state index contributed by atoms with van der Waals surface area (Å²) in [7, 11) is 0. The average molecular weight is 278 g/mol. The number of carbonyl (C=O) groups is 1. The molecule has 102 valence electrons. The summed E-state index contributed by atoms with van der Waals surface area (Å²) < 4.78 is 18.3. The molecule has 20 heavy (non-hydrogen) atoms. The van der Waals surface area contributed by atoms with E-state index < -0.39 is 22.4 Å². The Hall–Kier alpha value is -3.03. The van der Waals surface area contributed by atoms with E-state index in [0.29, 0.717) is 0 Å². The molecule has 0 amide bonds. The zero-order valence-electron chi connectivity index (χ0n) is 9.82. The second kappa shape index (κ2) is 5.31. The highest BCUT2D eigenvalue weighted by molar-refractivity contribution is 5.90. The number of rotatable bonds is 4. The molecule has 1 N–H and O–H groups in total. The lowest BCUT2D eigenvalue weighted by atomic mass is 10.2. The molecular formula is C12H7FN2O5. The van der Waals surface area contributed by atoms with Gasteiger partial charge in [0.05, 0.1) is 4.92 Å². The third-order valence-electron chi connectivity index (χ3n) is 2.35. The van der Waals surface area contributed by atoms with E-state index in [2.05, 4.69) is 4.98 Å². The Bertz CT molecular complexity index is 689. The molecule has 0 radical (unpaired) electrons. The highest BCUT2D eigenvalue weighted by atomic mass is 19.1. The Kier molecular flexibility index (Phi) is 3.56. The first-order chi connectivity index (χ1) is 9.49. The zero-order chi connectivity index (χ0) is 14.7. The molecule has 0 aliphatic carbocycles. The minimum absolute atomic E-state index is 0.166. The van der Waals surface area contributed by atoms with Crippen molar-refractivity contribution in [3.63, 3.8) is 0 Å². The maximum atomic E-state index is 13.1. The van der Waals surface area contributed by atoms with Gasteiger partial charge in [0.2, 0.25) is 5.75 Å². The topological polar surface area (TPSA) is 103 Å². The number of pyridine rings is 1. The molecular weight excluding hydrogens is 271 g/mol. The molecule has 1 heterocycles. The van der Waals surface area contributed by atoms with Crippen LogP contribution < -0.4 is 4.74 Å². The van der Waals surface area contributed by atoms with E-state index in [-0.39, 0.29) is 17.1 Å². The molecule has 7 nitrogen and oxygen atoms in total. The number of aromatic carboxylic acids is 1. The number of nitro benzene ring substituents is 1. The van der Waals surface area contributed by atoms with Crippen molar-refractivity contribution < 1.29 is 24.0 Å². The second-order valence-corrected chi connectivity index (χ2v) is 3.65. The normalized spacial score (nSPS) is 10.1. The Morgan fingerprint density at radius 2 is 2.10 bits per heavy atom. The fourth-order valence-electron chi connectivity index (χ4n) is 1.47. The van der Waals surface area contributed by atoms with Gasteiger partial charge >= 0.3 is 11.7 Å².